The van der Waals surface area contributed by atoms with Crippen LogP contribution in [0.3, 0.4) is 0 Å². The molecule has 5 amide bonds. The number of likely N-dealkylation sites (tertiary alicyclic amines) is 2. The van der Waals surface area contributed by atoms with Crippen molar-refractivity contribution in [2.75, 3.05) is 45.2 Å². The molecule has 380 valence electrons. The maximum Gasteiger partial charge on any atom is 0.416 e. The zero-order valence-electron chi connectivity index (χ0n) is 40.2. The van der Waals surface area contributed by atoms with Crippen LogP contribution in [-0.2, 0) is 39.6 Å². The Morgan fingerprint density at radius 2 is 1.64 bits per heavy atom. The van der Waals surface area contributed by atoms with Crippen molar-refractivity contribution in [1.29, 1.82) is 0 Å². The highest BCUT2D eigenvalue weighted by atomic mass is 19.4. The summed E-state index contributed by atoms with van der Waals surface area (Å²) < 4.78 is 52.9. The molecule has 0 radical (unpaired) electrons. The molecular weight excluding hydrogens is 910 g/mol. The Balaban J connectivity index is 0.733. The third kappa shape index (κ3) is 12.5. The molecule has 3 saturated carbocycles. The number of carbonyl (C=O) groups is 5. The predicted molar refractivity (Wildman–Crippen MR) is 253 cm³/mol. The molecule has 2 aliphatic heterocycles. The fraction of sp³-hybridized carbons (Fsp3) is 0.640. The lowest BCUT2D eigenvalue weighted by Gasteiger charge is -2.43. The number of hydrogen-bond acceptors (Lipinski definition) is 12. The van der Waals surface area contributed by atoms with Gasteiger partial charge < -0.3 is 45.9 Å². The van der Waals surface area contributed by atoms with Crippen molar-refractivity contribution in [3.05, 3.63) is 60.2 Å². The SMILES string of the molecule is CC(C)CN[C@@H]1CC[C@H](N2CC[C@H](Nc3ncnc4ccc(C(F)(F)F)cc34)C2=O)[C@H](NC(=O)C2CC(NC(=O)CCOC3CCC(OCCNC(=O)[C@H]4CC(=O)N(C)[C@@H]4c4cccnc4)CC3)C2)C1. The van der Waals surface area contributed by atoms with Gasteiger partial charge in [0.05, 0.1) is 60.5 Å². The van der Waals surface area contributed by atoms with Crippen LogP contribution in [0.2, 0.25) is 0 Å². The molecule has 8 rings (SSSR count). The summed E-state index contributed by atoms with van der Waals surface area (Å²) in [5.41, 5.74) is 0.333. The van der Waals surface area contributed by atoms with Crippen LogP contribution >= 0.6 is 0 Å². The molecule has 0 unspecified atom stereocenters. The van der Waals surface area contributed by atoms with Gasteiger partial charge in [-0.2, -0.15) is 13.2 Å². The molecule has 2 aromatic heterocycles. The van der Waals surface area contributed by atoms with E-state index in [1.165, 1.54) is 12.4 Å². The van der Waals surface area contributed by atoms with Gasteiger partial charge in [-0.15, -0.1) is 0 Å². The number of amides is 5. The van der Waals surface area contributed by atoms with Crippen LogP contribution < -0.4 is 26.6 Å². The highest BCUT2D eigenvalue weighted by Gasteiger charge is 2.45. The maximum atomic E-state index is 14.0. The van der Waals surface area contributed by atoms with Crippen molar-refractivity contribution >= 4 is 46.3 Å². The fourth-order valence-corrected chi connectivity index (χ4v) is 10.8. The first-order valence-corrected chi connectivity index (χ1v) is 25.0. The zero-order valence-corrected chi connectivity index (χ0v) is 40.2. The third-order valence-electron chi connectivity index (χ3n) is 14.8. The van der Waals surface area contributed by atoms with Crippen LogP contribution in [0.15, 0.2) is 49.1 Å². The van der Waals surface area contributed by atoms with Crippen molar-refractivity contribution in [2.45, 2.75) is 146 Å². The standard InChI is InChI=1S/C50H67F3N10O7/c1-29(2)26-56-33-7-13-42(63-18-14-40(49(63)68)60-46-37-23-32(50(51,52)53)6-12-39(37)57-28-58-46)41(24-33)61-47(66)31-21-34(22-31)59-43(64)15-19-69-35-8-10-36(11-9-35)70-20-17-55-48(67)38-25-44(65)62(3)45(38)30-5-4-16-54-27-30/h4-6,12,16,23,27-29,31,33-36,38,40-42,45,56H,7-11,13-15,17-22,24-26H2,1-3H3,(H,55,67)(H,59,64)(H,61,66)(H,57,58,60)/t31?,33-,34?,35?,36?,38+,40+,41-,42+,45-/m1/s1. The lowest BCUT2D eigenvalue weighted by Crippen LogP contribution is -2.60. The van der Waals surface area contributed by atoms with Gasteiger partial charge in [-0.1, -0.05) is 19.9 Å². The average Bonchev–Trinajstić information content (AvgIpc) is 3.84. The molecule has 0 spiro atoms. The summed E-state index contributed by atoms with van der Waals surface area (Å²) in [5.74, 6) is -0.833. The molecule has 3 aliphatic carbocycles. The Morgan fingerprint density at radius 3 is 2.36 bits per heavy atom. The lowest BCUT2D eigenvalue weighted by molar-refractivity contribution is -0.137. The minimum atomic E-state index is -4.55. The Bertz CT molecular complexity index is 2310. The summed E-state index contributed by atoms with van der Waals surface area (Å²) in [7, 11) is 1.71. The van der Waals surface area contributed by atoms with Gasteiger partial charge in [-0.25, -0.2) is 9.97 Å². The van der Waals surface area contributed by atoms with E-state index in [4.69, 9.17) is 9.47 Å². The molecule has 5 N–H and O–H groups in total. The summed E-state index contributed by atoms with van der Waals surface area (Å²) in [4.78, 5) is 82.1. The van der Waals surface area contributed by atoms with Crippen LogP contribution in [0, 0.1) is 17.8 Å². The second-order valence-electron chi connectivity index (χ2n) is 20.1. The largest absolute Gasteiger partial charge is 0.416 e. The molecule has 1 aromatic carbocycles. The van der Waals surface area contributed by atoms with E-state index < -0.39 is 23.7 Å². The van der Waals surface area contributed by atoms with Gasteiger partial charge in [-0.3, -0.25) is 29.0 Å². The maximum absolute atomic E-state index is 14.0. The predicted octanol–water partition coefficient (Wildman–Crippen LogP) is 4.67. The molecule has 5 fully saturated rings. The number of pyridine rings is 1. The first-order valence-electron chi connectivity index (χ1n) is 25.0. The Labute approximate surface area is 406 Å². The number of carbonyl (C=O) groups excluding carboxylic acids is 5. The minimum absolute atomic E-state index is 0.0288. The van der Waals surface area contributed by atoms with Gasteiger partial charge in [0.15, 0.2) is 0 Å². The van der Waals surface area contributed by atoms with Crippen LogP contribution in [0.25, 0.3) is 10.9 Å². The van der Waals surface area contributed by atoms with Crippen molar-refractivity contribution in [3.63, 3.8) is 0 Å². The molecule has 6 atom stereocenters. The van der Waals surface area contributed by atoms with E-state index in [2.05, 4.69) is 55.4 Å². The van der Waals surface area contributed by atoms with Crippen molar-refractivity contribution < 1.29 is 46.6 Å². The van der Waals surface area contributed by atoms with E-state index in [9.17, 15) is 37.1 Å². The number of rotatable bonds is 19. The Kier molecular flexibility index (Phi) is 16.5. The number of alkyl halides is 3. The summed E-state index contributed by atoms with van der Waals surface area (Å²) in [6, 6.07) is 5.35. The van der Waals surface area contributed by atoms with E-state index in [1.807, 2.05) is 11.0 Å². The first kappa shape index (κ1) is 50.9. The summed E-state index contributed by atoms with van der Waals surface area (Å²) in [6.45, 7) is 6.52. The van der Waals surface area contributed by atoms with E-state index in [0.717, 1.165) is 56.3 Å². The first-order chi connectivity index (χ1) is 33.6. The molecule has 70 heavy (non-hydrogen) atoms. The van der Waals surface area contributed by atoms with Gasteiger partial charge >= 0.3 is 6.18 Å². The topological polar surface area (TPSA) is 209 Å². The Morgan fingerprint density at radius 1 is 0.886 bits per heavy atom. The smallest absolute Gasteiger partial charge is 0.378 e. The number of nitrogens with zero attached hydrogens (tertiary/aromatic N) is 5. The summed E-state index contributed by atoms with van der Waals surface area (Å²) in [5, 5.41) is 16.2. The number of anilines is 1. The van der Waals surface area contributed by atoms with Gasteiger partial charge in [0.1, 0.15) is 18.2 Å². The second kappa shape index (κ2) is 22.7. The quantitative estimate of drug-likeness (QED) is 0.104. The highest BCUT2D eigenvalue weighted by Crippen LogP contribution is 2.38. The van der Waals surface area contributed by atoms with E-state index in [1.54, 1.807) is 30.4 Å². The molecule has 0 bridgehead atoms. The van der Waals surface area contributed by atoms with Gasteiger partial charge in [0.25, 0.3) is 0 Å². The molecule has 20 heteroatoms. The molecule has 17 nitrogen and oxygen atoms in total. The molecular formula is C50H67F3N10O7. The molecule has 3 aromatic rings. The number of nitrogens with one attached hydrogen (secondary N) is 5. The van der Waals surface area contributed by atoms with Crippen LogP contribution in [0.5, 0.6) is 0 Å². The average molecular weight is 977 g/mol. The van der Waals surface area contributed by atoms with Crippen LogP contribution in [-0.4, -0.2) is 137 Å². The number of fused-ring (bicyclic) bond motifs is 1. The minimum Gasteiger partial charge on any atom is -0.378 e. The molecule has 4 heterocycles. The summed E-state index contributed by atoms with van der Waals surface area (Å²) in [6.07, 6.45) is 7.32. The number of hydrogen-bond donors (Lipinski definition) is 5. The van der Waals surface area contributed by atoms with Gasteiger partial charge in [0, 0.05) is 68.8 Å². The van der Waals surface area contributed by atoms with Crippen molar-refractivity contribution in [3.8, 4) is 0 Å². The number of aromatic nitrogens is 3. The lowest BCUT2D eigenvalue weighted by atomic mass is 9.78. The van der Waals surface area contributed by atoms with Crippen LogP contribution in [0.4, 0.5) is 19.0 Å². The van der Waals surface area contributed by atoms with E-state index in [0.29, 0.717) is 69.8 Å². The second-order valence-corrected chi connectivity index (χ2v) is 20.1. The number of benzene rings is 1. The van der Waals surface area contributed by atoms with E-state index in [-0.39, 0.29) is 102 Å². The molecule has 2 saturated heterocycles. The third-order valence-corrected chi connectivity index (χ3v) is 14.8. The highest BCUT2D eigenvalue weighted by molar-refractivity contribution is 5.93. The zero-order chi connectivity index (χ0) is 49.5. The van der Waals surface area contributed by atoms with Gasteiger partial charge in [0.2, 0.25) is 29.5 Å². The number of halogens is 3. The fourth-order valence-electron chi connectivity index (χ4n) is 10.8. The Hall–Kier alpha value is -5.47. The van der Waals surface area contributed by atoms with Gasteiger partial charge in [-0.05, 0) is 106 Å². The van der Waals surface area contributed by atoms with Crippen LogP contribution in [0.1, 0.15) is 108 Å². The monoisotopic (exact) mass is 977 g/mol. The van der Waals surface area contributed by atoms with E-state index >= 15 is 0 Å². The normalized spacial score (nSPS) is 28.2. The molecule has 5 aliphatic rings. The number of ether oxygens (including phenoxy) is 2. The van der Waals surface area contributed by atoms with Crippen molar-refractivity contribution in [1.82, 2.24) is 46.0 Å². The van der Waals surface area contributed by atoms with Crippen molar-refractivity contribution in [2.24, 2.45) is 17.8 Å². The summed E-state index contributed by atoms with van der Waals surface area (Å²) >= 11 is 0.